The number of carboxylic acid groups (broad SMARTS) is 1. The lowest BCUT2D eigenvalue weighted by Crippen LogP contribution is -2.26. The Morgan fingerprint density at radius 1 is 1.50 bits per heavy atom. The van der Waals surface area contributed by atoms with Crippen molar-refractivity contribution < 1.29 is 14.7 Å². The highest BCUT2D eigenvalue weighted by Gasteiger charge is 2.21. The first-order chi connectivity index (χ1) is 8.45. The van der Waals surface area contributed by atoms with E-state index in [9.17, 15) is 9.59 Å². The molecule has 0 aliphatic carbocycles. The van der Waals surface area contributed by atoms with E-state index in [0.717, 1.165) is 18.5 Å². The standard InChI is InChI=1S/C12H19N3O3/c1-4-5-7(2)9-6-10(15-14-9)13-11(16)8(3)12(17)18/h6-8H,4-5H2,1-3H3,(H,17,18)(H2,13,14,15,16). The number of H-pyrrole nitrogens is 1. The summed E-state index contributed by atoms with van der Waals surface area (Å²) in [4.78, 5) is 22.2. The number of carbonyl (C=O) groups excluding carboxylic acids is 1. The molecule has 1 aromatic rings. The maximum atomic E-state index is 11.5. The van der Waals surface area contributed by atoms with Gasteiger partial charge in [-0.05, 0) is 19.3 Å². The second kappa shape index (κ2) is 6.18. The number of hydrogen-bond donors (Lipinski definition) is 3. The summed E-state index contributed by atoms with van der Waals surface area (Å²) in [5.41, 5.74) is 0.940. The summed E-state index contributed by atoms with van der Waals surface area (Å²) in [6.07, 6.45) is 2.10. The molecule has 0 aliphatic heterocycles. The van der Waals surface area contributed by atoms with Crippen molar-refractivity contribution in [3.05, 3.63) is 11.8 Å². The molecule has 2 atom stereocenters. The summed E-state index contributed by atoms with van der Waals surface area (Å²) in [6.45, 7) is 5.51. The van der Waals surface area contributed by atoms with Gasteiger partial charge in [-0.1, -0.05) is 20.3 Å². The van der Waals surface area contributed by atoms with Gasteiger partial charge in [0, 0.05) is 11.8 Å². The Kier molecular flexibility index (Phi) is 4.88. The molecule has 0 bridgehead atoms. The van der Waals surface area contributed by atoms with E-state index in [4.69, 9.17) is 5.11 Å². The lowest BCUT2D eigenvalue weighted by atomic mass is 10.0. The number of aromatic amines is 1. The fraction of sp³-hybridized carbons (Fsp3) is 0.583. The van der Waals surface area contributed by atoms with Gasteiger partial charge in [-0.15, -0.1) is 0 Å². The van der Waals surface area contributed by atoms with Crippen molar-refractivity contribution in [2.45, 2.75) is 39.5 Å². The van der Waals surface area contributed by atoms with Crippen LogP contribution < -0.4 is 5.32 Å². The number of aliphatic carboxylic acids is 1. The highest BCUT2D eigenvalue weighted by atomic mass is 16.4. The maximum absolute atomic E-state index is 11.5. The van der Waals surface area contributed by atoms with E-state index in [1.165, 1.54) is 6.92 Å². The van der Waals surface area contributed by atoms with Crippen LogP contribution in [0.4, 0.5) is 5.82 Å². The predicted octanol–water partition coefficient (Wildman–Crippen LogP) is 1.97. The average molecular weight is 253 g/mol. The predicted molar refractivity (Wildman–Crippen MR) is 67.3 cm³/mol. The van der Waals surface area contributed by atoms with Crippen molar-refractivity contribution in [1.29, 1.82) is 0 Å². The fourth-order valence-corrected chi connectivity index (χ4v) is 1.59. The van der Waals surface area contributed by atoms with Crippen LogP contribution in [-0.4, -0.2) is 27.2 Å². The lowest BCUT2D eigenvalue weighted by molar-refractivity contribution is -0.144. The van der Waals surface area contributed by atoms with Crippen LogP contribution in [0.5, 0.6) is 0 Å². The molecule has 3 N–H and O–H groups in total. The number of carbonyl (C=O) groups is 2. The highest BCUT2D eigenvalue weighted by Crippen LogP contribution is 2.20. The maximum Gasteiger partial charge on any atom is 0.315 e. The van der Waals surface area contributed by atoms with Crippen LogP contribution in [0.15, 0.2) is 6.07 Å². The number of anilines is 1. The topological polar surface area (TPSA) is 95.1 Å². The molecule has 1 amide bonds. The van der Waals surface area contributed by atoms with Gasteiger partial charge in [-0.2, -0.15) is 5.10 Å². The van der Waals surface area contributed by atoms with E-state index in [0.29, 0.717) is 11.7 Å². The minimum atomic E-state index is -1.15. The molecular weight excluding hydrogens is 234 g/mol. The minimum absolute atomic E-state index is 0.338. The molecule has 100 valence electrons. The van der Waals surface area contributed by atoms with Gasteiger partial charge in [0.15, 0.2) is 5.82 Å². The van der Waals surface area contributed by atoms with Crippen LogP contribution >= 0.6 is 0 Å². The number of nitrogens with zero attached hydrogens (tertiary/aromatic N) is 1. The third kappa shape index (κ3) is 3.58. The first-order valence-electron chi connectivity index (χ1n) is 6.04. The van der Waals surface area contributed by atoms with E-state index in [2.05, 4.69) is 29.4 Å². The number of carboxylic acids is 1. The van der Waals surface area contributed by atoms with Crippen LogP contribution in [-0.2, 0) is 9.59 Å². The summed E-state index contributed by atoms with van der Waals surface area (Å²) in [5, 5.41) is 18.0. The summed E-state index contributed by atoms with van der Waals surface area (Å²) in [5.74, 6) is -2.10. The molecule has 1 rings (SSSR count). The Morgan fingerprint density at radius 2 is 2.17 bits per heavy atom. The highest BCUT2D eigenvalue weighted by molar-refractivity contribution is 6.03. The monoisotopic (exact) mass is 253 g/mol. The van der Waals surface area contributed by atoms with Crippen molar-refractivity contribution >= 4 is 17.7 Å². The molecule has 0 aromatic carbocycles. The molecule has 6 heteroatoms. The minimum Gasteiger partial charge on any atom is -0.481 e. The molecule has 0 aliphatic rings. The normalized spacial score (nSPS) is 13.9. The summed E-state index contributed by atoms with van der Waals surface area (Å²) in [6, 6.07) is 1.74. The Bertz CT molecular complexity index is 428. The number of amides is 1. The molecule has 2 unspecified atom stereocenters. The third-order valence-electron chi connectivity index (χ3n) is 2.87. The van der Waals surface area contributed by atoms with Crippen LogP contribution in [0.3, 0.4) is 0 Å². The lowest BCUT2D eigenvalue weighted by Gasteiger charge is -2.06. The van der Waals surface area contributed by atoms with Crippen LogP contribution in [0, 0.1) is 5.92 Å². The SMILES string of the molecule is CCCC(C)c1cc(NC(=O)C(C)C(=O)O)n[nH]1. The van der Waals surface area contributed by atoms with Gasteiger partial charge in [0.25, 0.3) is 0 Å². The molecule has 0 spiro atoms. The molecule has 1 heterocycles. The number of nitrogens with one attached hydrogen (secondary N) is 2. The molecule has 0 saturated carbocycles. The van der Waals surface area contributed by atoms with E-state index < -0.39 is 17.8 Å². The Hall–Kier alpha value is -1.85. The second-order valence-corrected chi connectivity index (χ2v) is 4.45. The first kappa shape index (κ1) is 14.2. The largest absolute Gasteiger partial charge is 0.481 e. The molecule has 18 heavy (non-hydrogen) atoms. The van der Waals surface area contributed by atoms with Gasteiger partial charge in [-0.3, -0.25) is 14.7 Å². The summed E-state index contributed by atoms with van der Waals surface area (Å²) in [7, 11) is 0. The van der Waals surface area contributed by atoms with Crippen molar-refractivity contribution in [2.24, 2.45) is 5.92 Å². The number of rotatable bonds is 6. The molecule has 1 aromatic heterocycles. The molecule has 6 nitrogen and oxygen atoms in total. The van der Waals surface area contributed by atoms with Gasteiger partial charge in [0.05, 0.1) is 0 Å². The second-order valence-electron chi connectivity index (χ2n) is 4.45. The van der Waals surface area contributed by atoms with E-state index in [1.54, 1.807) is 6.07 Å². The molecule has 0 radical (unpaired) electrons. The van der Waals surface area contributed by atoms with Crippen molar-refractivity contribution in [3.8, 4) is 0 Å². The van der Waals surface area contributed by atoms with E-state index in [-0.39, 0.29) is 0 Å². The van der Waals surface area contributed by atoms with E-state index >= 15 is 0 Å². The quantitative estimate of drug-likeness (QED) is 0.675. The Balaban J connectivity index is 2.64. The first-order valence-corrected chi connectivity index (χ1v) is 6.04. The summed E-state index contributed by atoms with van der Waals surface area (Å²) < 4.78 is 0. The Labute approximate surface area is 106 Å². The van der Waals surface area contributed by atoms with Crippen molar-refractivity contribution in [2.75, 3.05) is 5.32 Å². The molecule has 0 saturated heterocycles. The van der Waals surface area contributed by atoms with Gasteiger partial charge in [-0.25, -0.2) is 0 Å². The van der Waals surface area contributed by atoms with Crippen LogP contribution in [0.2, 0.25) is 0 Å². The van der Waals surface area contributed by atoms with Gasteiger partial charge in [0.2, 0.25) is 5.91 Å². The van der Waals surface area contributed by atoms with Crippen LogP contribution in [0.25, 0.3) is 0 Å². The van der Waals surface area contributed by atoms with Gasteiger partial charge >= 0.3 is 5.97 Å². The van der Waals surface area contributed by atoms with Crippen molar-refractivity contribution in [3.63, 3.8) is 0 Å². The Morgan fingerprint density at radius 3 is 2.72 bits per heavy atom. The smallest absolute Gasteiger partial charge is 0.315 e. The fourth-order valence-electron chi connectivity index (χ4n) is 1.59. The third-order valence-corrected chi connectivity index (χ3v) is 2.87. The number of aromatic nitrogens is 2. The van der Waals surface area contributed by atoms with Gasteiger partial charge < -0.3 is 10.4 Å². The number of hydrogen-bond acceptors (Lipinski definition) is 3. The van der Waals surface area contributed by atoms with Crippen LogP contribution in [0.1, 0.15) is 45.2 Å². The zero-order valence-electron chi connectivity index (χ0n) is 10.9. The molecular formula is C12H19N3O3. The average Bonchev–Trinajstić information content (AvgIpc) is 2.76. The summed E-state index contributed by atoms with van der Waals surface area (Å²) >= 11 is 0. The molecule has 0 fully saturated rings. The van der Waals surface area contributed by atoms with Crippen molar-refractivity contribution in [1.82, 2.24) is 10.2 Å². The zero-order valence-corrected chi connectivity index (χ0v) is 10.9. The zero-order chi connectivity index (χ0) is 13.7. The van der Waals surface area contributed by atoms with E-state index in [1.807, 2.05) is 0 Å². The van der Waals surface area contributed by atoms with Gasteiger partial charge in [0.1, 0.15) is 5.92 Å².